The topological polar surface area (TPSA) is 55.6 Å². The zero-order chi connectivity index (χ0) is 15.0. The molecule has 0 aliphatic heterocycles. The molecule has 1 atom stereocenters. The molecule has 0 bridgehead atoms. The minimum absolute atomic E-state index is 0.311. The van der Waals surface area contributed by atoms with E-state index >= 15 is 0 Å². The highest BCUT2D eigenvalue weighted by atomic mass is 16.5. The van der Waals surface area contributed by atoms with Crippen molar-refractivity contribution in [3.8, 4) is 0 Å². The van der Waals surface area contributed by atoms with Crippen molar-refractivity contribution >= 4 is 5.97 Å². The monoisotopic (exact) mass is 284 g/mol. The summed E-state index contributed by atoms with van der Waals surface area (Å²) in [6.07, 6.45) is 11.0. The van der Waals surface area contributed by atoms with Gasteiger partial charge in [0.1, 0.15) is 5.54 Å². The second-order valence-electron chi connectivity index (χ2n) is 6.49. The van der Waals surface area contributed by atoms with E-state index in [0.717, 1.165) is 25.4 Å². The Morgan fingerprint density at radius 2 is 1.85 bits per heavy atom. The molecule has 0 amide bonds. The molecule has 118 valence electrons. The minimum atomic E-state index is -0.838. The first-order chi connectivity index (χ1) is 9.47. The zero-order valence-corrected chi connectivity index (χ0v) is 13.5. The number of hydrogen-bond acceptors (Lipinski definition) is 4. The van der Waals surface area contributed by atoms with Gasteiger partial charge in [-0.2, -0.15) is 0 Å². The molecule has 4 heteroatoms. The Bertz CT molecular complexity index is 284. The lowest BCUT2D eigenvalue weighted by Gasteiger charge is -2.27. The van der Waals surface area contributed by atoms with Crippen LogP contribution in [0.25, 0.3) is 0 Å². The summed E-state index contributed by atoms with van der Waals surface area (Å²) in [5.74, 6) is -0.311. The van der Waals surface area contributed by atoms with Gasteiger partial charge >= 0.3 is 5.97 Å². The molecule has 1 aliphatic rings. The van der Waals surface area contributed by atoms with Crippen LogP contribution in [0.2, 0.25) is 0 Å². The number of unbranched alkanes of at least 4 members (excludes halogenated alkanes) is 1. The Hall–Kier alpha value is -0.610. The van der Waals surface area contributed by atoms with Crippen LogP contribution in [0, 0.1) is 0 Å². The second kappa shape index (κ2) is 8.63. The average molecular weight is 284 g/mol. The maximum atomic E-state index is 11.5. The summed E-state index contributed by atoms with van der Waals surface area (Å²) in [5, 5.41) is 0. The van der Waals surface area contributed by atoms with Gasteiger partial charge in [0.2, 0.25) is 0 Å². The van der Waals surface area contributed by atoms with Crippen LogP contribution >= 0.6 is 0 Å². The summed E-state index contributed by atoms with van der Waals surface area (Å²) in [7, 11) is 3.63. The molecule has 1 aliphatic carbocycles. The standard InChI is InChI=1S/C16H32N2O2/c1-16(17,15(19)20-3)12-8-9-13-18(2)14-10-6-4-5-7-11-14/h14H,4-13,17H2,1-3H3. The van der Waals surface area contributed by atoms with Crippen LogP contribution in [0.4, 0.5) is 0 Å². The fourth-order valence-electron chi connectivity index (χ4n) is 3.07. The first kappa shape index (κ1) is 17.4. The lowest BCUT2D eigenvalue weighted by molar-refractivity contribution is -0.146. The quantitative estimate of drug-likeness (QED) is 0.444. The van der Waals surface area contributed by atoms with E-state index in [4.69, 9.17) is 10.5 Å². The first-order valence-corrected chi connectivity index (χ1v) is 8.05. The Balaban J connectivity index is 2.21. The number of rotatable bonds is 7. The van der Waals surface area contributed by atoms with Gasteiger partial charge in [-0.15, -0.1) is 0 Å². The van der Waals surface area contributed by atoms with Crippen LogP contribution in [-0.4, -0.2) is 43.2 Å². The molecular formula is C16H32N2O2. The number of esters is 1. The van der Waals surface area contributed by atoms with Crippen LogP contribution in [0.1, 0.15) is 64.7 Å². The Morgan fingerprint density at radius 1 is 1.25 bits per heavy atom. The molecule has 0 aromatic heterocycles. The Morgan fingerprint density at radius 3 is 2.40 bits per heavy atom. The van der Waals surface area contributed by atoms with Crippen LogP contribution in [-0.2, 0) is 9.53 Å². The summed E-state index contributed by atoms with van der Waals surface area (Å²) >= 11 is 0. The van der Waals surface area contributed by atoms with Gasteiger partial charge in [0.15, 0.2) is 0 Å². The smallest absolute Gasteiger partial charge is 0.325 e. The number of methoxy groups -OCH3 is 1. The van der Waals surface area contributed by atoms with Gasteiger partial charge in [-0.05, 0) is 52.6 Å². The third kappa shape index (κ3) is 5.80. The molecule has 0 radical (unpaired) electrons. The van der Waals surface area contributed by atoms with Crippen LogP contribution in [0.3, 0.4) is 0 Å². The molecule has 2 N–H and O–H groups in total. The predicted octanol–water partition coefficient (Wildman–Crippen LogP) is 2.70. The fourth-order valence-corrected chi connectivity index (χ4v) is 3.07. The zero-order valence-electron chi connectivity index (χ0n) is 13.5. The van der Waals surface area contributed by atoms with Gasteiger partial charge in [-0.1, -0.05) is 25.7 Å². The maximum absolute atomic E-state index is 11.5. The molecule has 1 rings (SSSR count). The number of carbonyl (C=O) groups excluding carboxylic acids is 1. The van der Waals surface area contributed by atoms with Crippen molar-refractivity contribution < 1.29 is 9.53 Å². The van der Waals surface area contributed by atoms with Crippen molar-refractivity contribution in [3.63, 3.8) is 0 Å². The molecule has 1 fully saturated rings. The first-order valence-electron chi connectivity index (χ1n) is 8.05. The summed E-state index contributed by atoms with van der Waals surface area (Å²) in [6, 6.07) is 0.752. The van der Waals surface area contributed by atoms with Crippen molar-refractivity contribution in [2.24, 2.45) is 5.73 Å². The van der Waals surface area contributed by atoms with E-state index in [0.29, 0.717) is 6.42 Å². The molecule has 0 saturated heterocycles. The van der Waals surface area contributed by atoms with Crippen LogP contribution in [0.5, 0.6) is 0 Å². The lowest BCUT2D eigenvalue weighted by atomic mass is 9.96. The van der Waals surface area contributed by atoms with Gasteiger partial charge in [-0.25, -0.2) is 0 Å². The van der Waals surface area contributed by atoms with Crippen LogP contribution < -0.4 is 5.73 Å². The molecule has 20 heavy (non-hydrogen) atoms. The molecule has 4 nitrogen and oxygen atoms in total. The highest BCUT2D eigenvalue weighted by Gasteiger charge is 2.28. The normalized spacial score (nSPS) is 20.4. The van der Waals surface area contributed by atoms with Crippen molar-refractivity contribution in [3.05, 3.63) is 0 Å². The highest BCUT2D eigenvalue weighted by molar-refractivity contribution is 5.79. The number of hydrogen-bond donors (Lipinski definition) is 1. The third-order valence-electron chi connectivity index (χ3n) is 4.56. The summed E-state index contributed by atoms with van der Waals surface area (Å²) in [6.45, 7) is 2.86. The van der Waals surface area contributed by atoms with Gasteiger partial charge < -0.3 is 15.4 Å². The number of carbonyl (C=O) groups is 1. The third-order valence-corrected chi connectivity index (χ3v) is 4.56. The Labute approximate surface area is 124 Å². The van der Waals surface area contributed by atoms with E-state index in [1.807, 2.05) is 0 Å². The summed E-state index contributed by atoms with van der Waals surface area (Å²) in [4.78, 5) is 14.0. The van der Waals surface area contributed by atoms with Crippen molar-refractivity contribution in [1.29, 1.82) is 0 Å². The average Bonchev–Trinajstić information content (AvgIpc) is 2.71. The molecular weight excluding hydrogens is 252 g/mol. The largest absolute Gasteiger partial charge is 0.468 e. The summed E-state index contributed by atoms with van der Waals surface area (Å²) < 4.78 is 4.73. The van der Waals surface area contributed by atoms with E-state index < -0.39 is 5.54 Å². The van der Waals surface area contributed by atoms with E-state index in [2.05, 4.69) is 11.9 Å². The van der Waals surface area contributed by atoms with E-state index in [1.165, 1.54) is 45.6 Å². The van der Waals surface area contributed by atoms with Crippen molar-refractivity contribution in [1.82, 2.24) is 4.90 Å². The molecule has 0 spiro atoms. The molecule has 1 unspecified atom stereocenters. The molecule has 0 aromatic rings. The van der Waals surface area contributed by atoms with Gasteiger partial charge in [0.25, 0.3) is 0 Å². The van der Waals surface area contributed by atoms with Crippen LogP contribution in [0.15, 0.2) is 0 Å². The Kier molecular flexibility index (Phi) is 7.52. The second-order valence-corrected chi connectivity index (χ2v) is 6.49. The number of nitrogens with zero attached hydrogens (tertiary/aromatic N) is 1. The van der Waals surface area contributed by atoms with E-state index in [-0.39, 0.29) is 5.97 Å². The van der Waals surface area contributed by atoms with E-state index in [1.54, 1.807) is 6.92 Å². The van der Waals surface area contributed by atoms with Gasteiger partial charge in [0, 0.05) is 6.04 Å². The van der Waals surface area contributed by atoms with Gasteiger partial charge in [0.05, 0.1) is 7.11 Å². The lowest BCUT2D eigenvalue weighted by Crippen LogP contribution is -2.45. The number of ether oxygens (including phenoxy) is 1. The van der Waals surface area contributed by atoms with Gasteiger partial charge in [-0.3, -0.25) is 4.79 Å². The van der Waals surface area contributed by atoms with Crippen molar-refractivity contribution in [2.75, 3.05) is 20.7 Å². The predicted molar refractivity (Wildman–Crippen MR) is 82.6 cm³/mol. The molecule has 0 aromatic carbocycles. The SMILES string of the molecule is COC(=O)C(C)(N)CCCCN(C)C1CCCCCC1. The number of nitrogens with two attached hydrogens (primary N) is 1. The van der Waals surface area contributed by atoms with E-state index in [9.17, 15) is 4.79 Å². The van der Waals surface area contributed by atoms with Crippen molar-refractivity contribution in [2.45, 2.75) is 76.3 Å². The molecule has 0 heterocycles. The highest BCUT2D eigenvalue weighted by Crippen LogP contribution is 2.21. The molecule has 1 saturated carbocycles. The fraction of sp³-hybridized carbons (Fsp3) is 0.938. The summed E-state index contributed by atoms with van der Waals surface area (Å²) in [5.41, 5.74) is 5.13. The maximum Gasteiger partial charge on any atom is 0.325 e. The minimum Gasteiger partial charge on any atom is -0.468 e.